The highest BCUT2D eigenvalue weighted by Crippen LogP contribution is 2.39. The molecule has 206 valence electrons. The molecule has 1 saturated carbocycles. The van der Waals surface area contributed by atoms with Gasteiger partial charge >= 0.3 is 0 Å². The summed E-state index contributed by atoms with van der Waals surface area (Å²) in [5, 5.41) is 13.8. The van der Waals surface area contributed by atoms with E-state index >= 15 is 4.39 Å². The summed E-state index contributed by atoms with van der Waals surface area (Å²) in [6.45, 7) is 1.96. The van der Waals surface area contributed by atoms with Crippen LogP contribution in [0.2, 0.25) is 5.02 Å². The number of tetrazole rings is 1. The molecule has 41 heavy (non-hydrogen) atoms. The van der Waals surface area contributed by atoms with E-state index in [1.54, 1.807) is 29.1 Å². The number of benzene rings is 1. The van der Waals surface area contributed by atoms with Gasteiger partial charge in [-0.1, -0.05) is 18.5 Å². The molecule has 2 aliphatic rings. The lowest BCUT2D eigenvalue weighted by molar-refractivity contribution is -0.117. The van der Waals surface area contributed by atoms with Crippen molar-refractivity contribution in [2.24, 2.45) is 5.92 Å². The number of nitrogens with one attached hydrogen (secondary N) is 2. The van der Waals surface area contributed by atoms with Crippen LogP contribution in [0, 0.1) is 11.7 Å². The fourth-order valence-corrected chi connectivity index (χ4v) is 5.34. The molecule has 1 fully saturated rings. The van der Waals surface area contributed by atoms with E-state index in [0.29, 0.717) is 29.6 Å². The molecule has 1 aliphatic heterocycles. The fourth-order valence-electron chi connectivity index (χ4n) is 5.18. The molecule has 0 saturated heterocycles. The fraction of sp³-hybridized carbons (Fsp3) is 0.259. The van der Waals surface area contributed by atoms with Crippen LogP contribution in [0.25, 0.3) is 28.2 Å². The van der Waals surface area contributed by atoms with Gasteiger partial charge in [-0.15, -0.1) is 5.10 Å². The lowest BCUT2D eigenvalue weighted by atomic mass is 10.1. The van der Waals surface area contributed by atoms with Gasteiger partial charge in [0.05, 0.1) is 39.9 Å². The number of aromatic nitrogens is 9. The lowest BCUT2D eigenvalue weighted by Gasteiger charge is -2.15. The summed E-state index contributed by atoms with van der Waals surface area (Å²) in [7, 11) is 0. The average molecular weight is 573 g/mol. The second kappa shape index (κ2) is 9.70. The van der Waals surface area contributed by atoms with Crippen LogP contribution in [0.1, 0.15) is 49.8 Å². The number of anilines is 1. The Morgan fingerprint density at radius 1 is 1.17 bits per heavy atom. The molecule has 0 bridgehead atoms. The highest BCUT2D eigenvalue weighted by atomic mass is 35.5. The molecule has 5 heterocycles. The summed E-state index contributed by atoms with van der Waals surface area (Å²) in [5.74, 6) is 0.852. The monoisotopic (exact) mass is 572 g/mol. The Hall–Kier alpha value is -4.78. The third kappa shape index (κ3) is 4.47. The molecule has 1 amide bonds. The van der Waals surface area contributed by atoms with Crippen molar-refractivity contribution in [1.29, 1.82) is 0 Å². The number of halogens is 2. The number of carbonyl (C=O) groups excluding carboxylic acids is 1. The number of rotatable bonds is 6. The van der Waals surface area contributed by atoms with Gasteiger partial charge in [-0.2, -0.15) is 4.68 Å². The van der Waals surface area contributed by atoms with E-state index in [4.69, 9.17) is 16.6 Å². The van der Waals surface area contributed by atoms with Crippen LogP contribution in [0.5, 0.6) is 0 Å². The van der Waals surface area contributed by atoms with Crippen molar-refractivity contribution in [3.05, 3.63) is 81.9 Å². The molecule has 5 aromatic rings. The number of hydrogen-bond acceptors (Lipinski definition) is 8. The first-order valence-corrected chi connectivity index (χ1v) is 13.4. The molecule has 0 radical (unpaired) electrons. The maximum atomic E-state index is 15.3. The van der Waals surface area contributed by atoms with Gasteiger partial charge in [-0.3, -0.25) is 14.2 Å². The molecule has 4 aromatic heterocycles. The minimum atomic E-state index is -0.721. The summed E-state index contributed by atoms with van der Waals surface area (Å²) < 4.78 is 18.2. The Balaban J connectivity index is 1.21. The summed E-state index contributed by atoms with van der Waals surface area (Å²) >= 11 is 6.10. The zero-order valence-corrected chi connectivity index (χ0v) is 22.4. The molecule has 1 aliphatic carbocycles. The highest BCUT2D eigenvalue weighted by Gasteiger charge is 2.34. The van der Waals surface area contributed by atoms with E-state index < -0.39 is 11.9 Å². The standard InChI is InChI=1S/C27H22ClFN10O2/c1-13-8-20(25-31-11-18(33-25)15-4-7-21(30-10-15)35-27(41)14-2-3-14)39-22(40)9-17(34-26(13)39)23-19(38-12-32-36-37-38)6-5-16(28)24(23)29/h4-7,9-14,20H,2-3,8H2,1H3,(H,31,33)(H,30,35,41)/t13-,20+/m1/s1. The Labute approximate surface area is 236 Å². The molecule has 1 aromatic carbocycles. The molecule has 7 rings (SSSR count). The third-order valence-corrected chi connectivity index (χ3v) is 7.71. The third-order valence-electron chi connectivity index (χ3n) is 7.42. The van der Waals surface area contributed by atoms with Gasteiger partial charge in [0, 0.05) is 29.7 Å². The molecule has 2 atom stereocenters. The Morgan fingerprint density at radius 3 is 2.76 bits per heavy atom. The molecule has 2 N–H and O–H groups in total. The van der Waals surface area contributed by atoms with Gasteiger partial charge in [-0.05, 0) is 54.0 Å². The van der Waals surface area contributed by atoms with Crippen LogP contribution in [0.15, 0.2) is 53.8 Å². The van der Waals surface area contributed by atoms with Crippen LogP contribution in [0.4, 0.5) is 10.2 Å². The molecule has 0 unspecified atom stereocenters. The van der Waals surface area contributed by atoms with Crippen molar-refractivity contribution in [2.45, 2.75) is 38.1 Å². The number of aromatic amines is 1. The summed E-state index contributed by atoms with van der Waals surface area (Å²) in [6.07, 6.45) is 7.08. The predicted octanol–water partition coefficient (Wildman–Crippen LogP) is 3.91. The van der Waals surface area contributed by atoms with Crippen LogP contribution >= 0.6 is 11.6 Å². The molecule has 12 nitrogen and oxygen atoms in total. The van der Waals surface area contributed by atoms with Gasteiger partial charge in [0.25, 0.3) is 5.56 Å². The normalized spacial score (nSPS) is 17.9. The number of H-pyrrole nitrogens is 1. The highest BCUT2D eigenvalue weighted by molar-refractivity contribution is 6.31. The van der Waals surface area contributed by atoms with Crippen molar-refractivity contribution in [3.8, 4) is 28.2 Å². The molecular formula is C27H22ClFN10O2. The van der Waals surface area contributed by atoms with Crippen LogP contribution < -0.4 is 10.9 Å². The van der Waals surface area contributed by atoms with Crippen molar-refractivity contribution in [1.82, 2.24) is 44.7 Å². The first kappa shape index (κ1) is 25.2. The van der Waals surface area contributed by atoms with Crippen LogP contribution in [0.3, 0.4) is 0 Å². The average Bonchev–Trinajstić information content (AvgIpc) is 3.31. The van der Waals surface area contributed by atoms with Gasteiger partial charge in [0.2, 0.25) is 5.91 Å². The first-order chi connectivity index (χ1) is 19.9. The maximum Gasteiger partial charge on any atom is 0.254 e. The number of pyridine rings is 1. The van der Waals surface area contributed by atoms with E-state index in [0.717, 1.165) is 24.1 Å². The van der Waals surface area contributed by atoms with E-state index in [9.17, 15) is 9.59 Å². The predicted molar refractivity (Wildman–Crippen MR) is 146 cm³/mol. The quantitative estimate of drug-likeness (QED) is 0.311. The topological polar surface area (TPSA) is 149 Å². The van der Waals surface area contributed by atoms with E-state index in [1.807, 2.05) is 13.0 Å². The number of fused-ring (bicyclic) bond motifs is 1. The summed E-state index contributed by atoms with van der Waals surface area (Å²) in [6, 6.07) is 7.47. The molecule has 0 spiro atoms. The summed E-state index contributed by atoms with van der Waals surface area (Å²) in [4.78, 5) is 42.5. The van der Waals surface area contributed by atoms with Gasteiger partial charge in [0.1, 0.15) is 23.8 Å². The first-order valence-electron chi connectivity index (χ1n) is 13.0. The SMILES string of the molecule is C[C@@H]1C[C@@H](c2ncc(-c3ccc(NC(=O)C4CC4)nc3)[nH]2)n2c1nc(-c1c(-n3cnnn3)ccc(Cl)c1F)cc2=O. The second-order valence-corrected chi connectivity index (χ2v) is 10.7. The number of nitrogens with zero attached hydrogens (tertiary/aromatic N) is 8. The van der Waals surface area contributed by atoms with E-state index in [-0.39, 0.29) is 39.6 Å². The molecule has 14 heteroatoms. The summed E-state index contributed by atoms with van der Waals surface area (Å²) in [5.41, 5.74) is 1.63. The zero-order valence-electron chi connectivity index (χ0n) is 21.6. The van der Waals surface area contributed by atoms with Crippen molar-refractivity contribution < 1.29 is 9.18 Å². The van der Waals surface area contributed by atoms with Crippen molar-refractivity contribution >= 4 is 23.3 Å². The maximum absolute atomic E-state index is 15.3. The minimum Gasteiger partial charge on any atom is -0.340 e. The largest absolute Gasteiger partial charge is 0.340 e. The van der Waals surface area contributed by atoms with E-state index in [1.165, 1.54) is 23.1 Å². The number of amides is 1. The van der Waals surface area contributed by atoms with Gasteiger partial charge in [-0.25, -0.2) is 19.3 Å². The Kier molecular flexibility index (Phi) is 5.96. The Morgan fingerprint density at radius 2 is 2.02 bits per heavy atom. The smallest absolute Gasteiger partial charge is 0.254 e. The van der Waals surface area contributed by atoms with E-state index in [2.05, 4.69) is 35.8 Å². The zero-order chi connectivity index (χ0) is 28.2. The van der Waals surface area contributed by atoms with Crippen LogP contribution in [-0.2, 0) is 4.79 Å². The number of hydrogen-bond donors (Lipinski definition) is 2. The van der Waals surface area contributed by atoms with Crippen LogP contribution in [-0.4, -0.2) is 50.6 Å². The molecular weight excluding hydrogens is 551 g/mol. The van der Waals surface area contributed by atoms with Crippen molar-refractivity contribution in [2.75, 3.05) is 5.32 Å². The minimum absolute atomic E-state index is 0.00460. The number of carbonyl (C=O) groups is 1. The number of imidazole rings is 1. The Bertz CT molecular complexity index is 1850. The second-order valence-electron chi connectivity index (χ2n) is 10.2. The lowest BCUT2D eigenvalue weighted by Crippen LogP contribution is -2.25. The van der Waals surface area contributed by atoms with Crippen molar-refractivity contribution in [3.63, 3.8) is 0 Å². The van der Waals surface area contributed by atoms with Gasteiger partial charge in [0.15, 0.2) is 5.82 Å². The van der Waals surface area contributed by atoms with Gasteiger partial charge < -0.3 is 10.3 Å².